The zero-order valence-corrected chi connectivity index (χ0v) is 17.1. The van der Waals surface area contributed by atoms with Gasteiger partial charge in [-0.05, 0) is 29.3 Å². The van der Waals surface area contributed by atoms with E-state index in [4.69, 9.17) is 4.74 Å². The number of carbonyl (C=O) groups is 2. The topological polar surface area (TPSA) is 84.4 Å². The number of nitrogens with zero attached hydrogens (tertiary/aromatic N) is 3. The summed E-state index contributed by atoms with van der Waals surface area (Å²) in [6.07, 6.45) is 7.18. The summed E-state index contributed by atoms with van der Waals surface area (Å²) in [7, 11) is 1.52. The molecule has 7 heteroatoms. The van der Waals surface area contributed by atoms with Crippen molar-refractivity contribution in [2.75, 3.05) is 19.0 Å². The first-order valence-electron chi connectivity index (χ1n) is 9.93. The SMILES string of the molecule is COc1ccc(C(=O)Nc2cnc3c(c2)CN(C(=O)C=Cc2ccccc2)CC3)cn1. The van der Waals surface area contributed by atoms with Gasteiger partial charge in [0.1, 0.15) is 0 Å². The molecule has 7 nitrogen and oxygen atoms in total. The van der Waals surface area contributed by atoms with Gasteiger partial charge in [0.2, 0.25) is 11.8 Å². The second-order valence-corrected chi connectivity index (χ2v) is 7.13. The molecule has 1 N–H and O–H groups in total. The van der Waals surface area contributed by atoms with E-state index in [1.807, 2.05) is 42.5 Å². The Morgan fingerprint density at radius 2 is 1.94 bits per heavy atom. The monoisotopic (exact) mass is 414 g/mol. The Bertz CT molecular complexity index is 1110. The van der Waals surface area contributed by atoms with Gasteiger partial charge in [0.05, 0.1) is 24.6 Å². The Hall–Kier alpha value is -4.00. The summed E-state index contributed by atoms with van der Waals surface area (Å²) in [6, 6.07) is 14.9. The second-order valence-electron chi connectivity index (χ2n) is 7.13. The summed E-state index contributed by atoms with van der Waals surface area (Å²) in [6.45, 7) is 1.06. The predicted molar refractivity (Wildman–Crippen MR) is 118 cm³/mol. The third-order valence-corrected chi connectivity index (χ3v) is 5.03. The molecular formula is C24H22N4O3. The van der Waals surface area contributed by atoms with Crippen molar-refractivity contribution in [3.8, 4) is 5.88 Å². The van der Waals surface area contributed by atoms with Crippen molar-refractivity contribution in [3.05, 3.63) is 89.4 Å². The van der Waals surface area contributed by atoms with Crippen molar-refractivity contribution in [3.63, 3.8) is 0 Å². The normalized spacial score (nSPS) is 13.0. The number of carbonyl (C=O) groups excluding carboxylic acids is 2. The fraction of sp³-hybridized carbons (Fsp3) is 0.167. The highest BCUT2D eigenvalue weighted by Gasteiger charge is 2.21. The number of nitrogens with one attached hydrogen (secondary N) is 1. The average molecular weight is 414 g/mol. The molecule has 0 spiro atoms. The van der Waals surface area contributed by atoms with Crippen molar-refractivity contribution in [2.45, 2.75) is 13.0 Å². The third-order valence-electron chi connectivity index (χ3n) is 5.03. The maximum Gasteiger partial charge on any atom is 0.257 e. The maximum absolute atomic E-state index is 12.6. The summed E-state index contributed by atoms with van der Waals surface area (Å²) in [5, 5.41) is 2.84. The predicted octanol–water partition coefficient (Wildman–Crippen LogP) is 3.34. The largest absolute Gasteiger partial charge is 0.481 e. The summed E-state index contributed by atoms with van der Waals surface area (Å²) in [5.74, 6) is 0.109. The first-order chi connectivity index (χ1) is 15.1. The fourth-order valence-corrected chi connectivity index (χ4v) is 3.36. The lowest BCUT2D eigenvalue weighted by atomic mass is 10.0. The molecule has 156 valence electrons. The van der Waals surface area contributed by atoms with Crippen molar-refractivity contribution in [1.82, 2.24) is 14.9 Å². The van der Waals surface area contributed by atoms with Crippen LogP contribution in [0.15, 0.2) is 67.0 Å². The van der Waals surface area contributed by atoms with Crippen molar-refractivity contribution < 1.29 is 14.3 Å². The zero-order valence-electron chi connectivity index (χ0n) is 17.1. The van der Waals surface area contributed by atoms with Crippen LogP contribution in [0.1, 0.15) is 27.2 Å². The summed E-state index contributed by atoms with van der Waals surface area (Å²) in [4.78, 5) is 35.4. The van der Waals surface area contributed by atoms with Gasteiger partial charge in [-0.1, -0.05) is 30.3 Å². The molecule has 3 heterocycles. The van der Waals surface area contributed by atoms with Crippen LogP contribution >= 0.6 is 0 Å². The van der Waals surface area contributed by atoms with E-state index < -0.39 is 0 Å². The molecule has 0 atom stereocenters. The number of aromatic nitrogens is 2. The molecule has 0 unspecified atom stereocenters. The average Bonchev–Trinajstić information content (AvgIpc) is 2.82. The Kier molecular flexibility index (Phi) is 6.03. The van der Waals surface area contributed by atoms with E-state index in [9.17, 15) is 9.59 Å². The molecule has 0 bridgehead atoms. The fourth-order valence-electron chi connectivity index (χ4n) is 3.36. The first kappa shape index (κ1) is 20.3. The van der Waals surface area contributed by atoms with Crippen LogP contribution in [0.25, 0.3) is 6.08 Å². The molecule has 31 heavy (non-hydrogen) atoms. The van der Waals surface area contributed by atoms with Crippen LogP contribution in [-0.2, 0) is 17.8 Å². The summed E-state index contributed by atoms with van der Waals surface area (Å²) < 4.78 is 5.01. The minimum Gasteiger partial charge on any atom is -0.481 e. The zero-order chi connectivity index (χ0) is 21.6. The number of anilines is 1. The number of benzene rings is 1. The lowest BCUT2D eigenvalue weighted by molar-refractivity contribution is -0.126. The van der Waals surface area contributed by atoms with Gasteiger partial charge in [-0.25, -0.2) is 4.98 Å². The van der Waals surface area contributed by atoms with Crippen LogP contribution in [0, 0.1) is 0 Å². The number of rotatable bonds is 5. The lowest BCUT2D eigenvalue weighted by Crippen LogP contribution is -2.35. The van der Waals surface area contributed by atoms with Crippen molar-refractivity contribution in [1.29, 1.82) is 0 Å². The highest BCUT2D eigenvalue weighted by molar-refractivity contribution is 6.04. The van der Waals surface area contributed by atoms with Crippen molar-refractivity contribution in [2.24, 2.45) is 0 Å². The van der Waals surface area contributed by atoms with E-state index in [0.29, 0.717) is 36.6 Å². The number of amides is 2. The molecule has 0 aliphatic carbocycles. The van der Waals surface area contributed by atoms with Gasteiger partial charge in [-0.15, -0.1) is 0 Å². The molecular weight excluding hydrogens is 392 g/mol. The Labute approximate surface area is 180 Å². The Balaban J connectivity index is 1.43. The molecule has 0 saturated carbocycles. The van der Waals surface area contributed by atoms with Gasteiger partial charge in [-0.3, -0.25) is 14.6 Å². The van der Waals surface area contributed by atoms with Crippen LogP contribution in [-0.4, -0.2) is 40.3 Å². The first-order valence-corrected chi connectivity index (χ1v) is 9.93. The minimum absolute atomic E-state index is 0.0479. The van der Waals surface area contributed by atoms with Crippen molar-refractivity contribution >= 4 is 23.6 Å². The quantitative estimate of drug-likeness (QED) is 0.648. The Morgan fingerprint density at radius 1 is 1.10 bits per heavy atom. The molecule has 1 aromatic carbocycles. The molecule has 2 amide bonds. The molecule has 2 aromatic heterocycles. The van der Waals surface area contributed by atoms with Crippen LogP contribution in [0.2, 0.25) is 0 Å². The highest BCUT2D eigenvalue weighted by Crippen LogP contribution is 2.21. The van der Waals surface area contributed by atoms with E-state index in [2.05, 4.69) is 15.3 Å². The number of methoxy groups -OCH3 is 1. The number of fused-ring (bicyclic) bond motifs is 1. The van der Waals surface area contributed by atoms with Gasteiger partial charge in [-0.2, -0.15) is 0 Å². The third kappa shape index (κ3) is 4.95. The highest BCUT2D eigenvalue weighted by atomic mass is 16.5. The standard InChI is InChI=1S/C24H22N4O3/c1-31-22-9-8-18(14-26-22)24(30)27-20-13-19-16-28(12-11-21(19)25-15-20)23(29)10-7-17-5-3-2-4-6-17/h2-10,13-15H,11-12,16H2,1H3,(H,27,30). The number of hydrogen-bond donors (Lipinski definition) is 1. The molecule has 0 radical (unpaired) electrons. The van der Waals surface area contributed by atoms with Crippen LogP contribution < -0.4 is 10.1 Å². The summed E-state index contributed by atoms with van der Waals surface area (Å²) >= 11 is 0. The minimum atomic E-state index is -0.286. The molecule has 4 rings (SSSR count). The van der Waals surface area contributed by atoms with Gasteiger partial charge in [0.15, 0.2) is 0 Å². The van der Waals surface area contributed by atoms with E-state index in [-0.39, 0.29) is 11.8 Å². The van der Waals surface area contributed by atoms with Gasteiger partial charge < -0.3 is 15.0 Å². The Morgan fingerprint density at radius 3 is 2.68 bits per heavy atom. The summed E-state index contributed by atoms with van der Waals surface area (Å²) in [5.41, 5.74) is 3.85. The van der Waals surface area contributed by atoms with Crippen LogP contribution in [0.3, 0.4) is 0 Å². The molecule has 0 fully saturated rings. The van der Waals surface area contributed by atoms with Crippen LogP contribution in [0.5, 0.6) is 5.88 Å². The van der Waals surface area contributed by atoms with E-state index in [1.54, 1.807) is 29.3 Å². The second kappa shape index (κ2) is 9.21. The molecule has 1 aliphatic rings. The van der Waals surface area contributed by atoms with Crippen LogP contribution in [0.4, 0.5) is 5.69 Å². The smallest absolute Gasteiger partial charge is 0.257 e. The molecule has 3 aromatic rings. The molecule has 1 aliphatic heterocycles. The number of pyridine rings is 2. The number of hydrogen-bond acceptors (Lipinski definition) is 5. The number of ether oxygens (including phenoxy) is 1. The van der Waals surface area contributed by atoms with Gasteiger partial charge in [0, 0.05) is 43.5 Å². The van der Waals surface area contributed by atoms with Gasteiger partial charge >= 0.3 is 0 Å². The van der Waals surface area contributed by atoms with E-state index in [0.717, 1.165) is 16.8 Å². The van der Waals surface area contributed by atoms with E-state index >= 15 is 0 Å². The van der Waals surface area contributed by atoms with Gasteiger partial charge in [0.25, 0.3) is 5.91 Å². The maximum atomic E-state index is 12.6. The molecule has 0 saturated heterocycles. The lowest BCUT2D eigenvalue weighted by Gasteiger charge is -2.27. The van der Waals surface area contributed by atoms with E-state index in [1.165, 1.54) is 13.3 Å².